The lowest BCUT2D eigenvalue weighted by atomic mass is 10.1. The molecule has 3 amide bonds. The summed E-state index contributed by atoms with van der Waals surface area (Å²) in [5.74, 6) is 0.636. The van der Waals surface area contributed by atoms with E-state index in [9.17, 15) is 9.59 Å². The van der Waals surface area contributed by atoms with Crippen molar-refractivity contribution in [3.8, 4) is 0 Å². The van der Waals surface area contributed by atoms with Crippen LogP contribution < -0.4 is 21.3 Å². The summed E-state index contributed by atoms with van der Waals surface area (Å²) in [4.78, 5) is 36.1. The van der Waals surface area contributed by atoms with Gasteiger partial charge >= 0.3 is 6.03 Å². The summed E-state index contributed by atoms with van der Waals surface area (Å²) in [7, 11) is 1.59. The Morgan fingerprint density at radius 3 is 2.71 bits per heavy atom. The fourth-order valence-corrected chi connectivity index (χ4v) is 2.57. The molecule has 0 fully saturated rings. The van der Waals surface area contributed by atoms with Gasteiger partial charge < -0.3 is 16.0 Å². The maximum absolute atomic E-state index is 12.3. The third kappa shape index (κ3) is 5.13. The first-order chi connectivity index (χ1) is 13.5. The van der Waals surface area contributed by atoms with E-state index in [4.69, 9.17) is 0 Å². The van der Waals surface area contributed by atoms with Crippen LogP contribution in [0.3, 0.4) is 0 Å². The predicted molar refractivity (Wildman–Crippen MR) is 108 cm³/mol. The number of aryl methyl sites for hydroxylation is 1. The molecule has 4 N–H and O–H groups in total. The predicted octanol–water partition coefficient (Wildman–Crippen LogP) is 2.53. The van der Waals surface area contributed by atoms with Crippen LogP contribution in [-0.4, -0.2) is 40.5 Å². The Kier molecular flexibility index (Phi) is 5.95. The van der Waals surface area contributed by atoms with E-state index in [0.717, 1.165) is 10.8 Å². The molecule has 0 aliphatic carbocycles. The Hall–Kier alpha value is -3.75. The molecule has 0 aliphatic rings. The highest BCUT2D eigenvalue weighted by Gasteiger charge is 2.08. The van der Waals surface area contributed by atoms with E-state index >= 15 is 0 Å². The van der Waals surface area contributed by atoms with Gasteiger partial charge in [-0.1, -0.05) is 6.07 Å². The molecule has 9 nitrogen and oxygen atoms in total. The number of benzene rings is 1. The summed E-state index contributed by atoms with van der Waals surface area (Å²) in [5, 5.41) is 13.0. The molecule has 28 heavy (non-hydrogen) atoms. The lowest BCUT2D eigenvalue weighted by Crippen LogP contribution is -2.22. The van der Waals surface area contributed by atoms with Gasteiger partial charge in [-0.25, -0.2) is 9.78 Å². The number of rotatable bonds is 6. The lowest BCUT2D eigenvalue weighted by molar-refractivity contribution is -0.120. The molecule has 0 spiro atoms. The first kappa shape index (κ1) is 19.0. The van der Waals surface area contributed by atoms with Gasteiger partial charge in [-0.2, -0.15) is 4.98 Å². The van der Waals surface area contributed by atoms with Gasteiger partial charge in [0, 0.05) is 55.2 Å². The molecular weight excluding hydrogens is 358 g/mol. The molecule has 0 aliphatic heterocycles. The number of hydrogen-bond acceptors (Lipinski definition) is 6. The molecule has 2 aromatic heterocycles. The molecule has 9 heteroatoms. The van der Waals surface area contributed by atoms with Crippen LogP contribution in [0, 0.1) is 6.92 Å². The lowest BCUT2D eigenvalue weighted by Gasteiger charge is -2.10. The molecular formula is C19H21N7O2. The highest BCUT2D eigenvalue weighted by atomic mass is 16.2. The van der Waals surface area contributed by atoms with E-state index in [1.54, 1.807) is 38.5 Å². The molecule has 2 heterocycles. The fraction of sp³-hybridized carbons (Fsp3) is 0.211. The van der Waals surface area contributed by atoms with Crippen LogP contribution in [0.15, 0.2) is 42.7 Å². The summed E-state index contributed by atoms with van der Waals surface area (Å²) < 4.78 is 0. The molecule has 3 rings (SSSR count). The molecule has 0 unspecified atom stereocenters. The normalized spacial score (nSPS) is 10.4. The number of carbonyl (C=O) groups excluding carboxylic acids is 2. The van der Waals surface area contributed by atoms with E-state index in [2.05, 4.69) is 36.2 Å². The summed E-state index contributed by atoms with van der Waals surface area (Å²) in [5.41, 5.74) is 1.33. The van der Waals surface area contributed by atoms with Crippen molar-refractivity contribution in [1.29, 1.82) is 0 Å². The van der Waals surface area contributed by atoms with Gasteiger partial charge in [0.1, 0.15) is 5.82 Å². The Morgan fingerprint density at radius 1 is 1.04 bits per heavy atom. The molecule has 0 atom stereocenters. The van der Waals surface area contributed by atoms with E-state index in [1.807, 2.05) is 18.2 Å². The van der Waals surface area contributed by atoms with Crippen molar-refractivity contribution < 1.29 is 9.59 Å². The Labute approximate surface area is 162 Å². The number of carbonyl (C=O) groups is 2. The van der Waals surface area contributed by atoms with Crippen LogP contribution in [0.4, 0.5) is 22.2 Å². The average molecular weight is 379 g/mol. The van der Waals surface area contributed by atoms with Gasteiger partial charge in [-0.3, -0.25) is 15.1 Å². The first-order valence-corrected chi connectivity index (χ1v) is 8.75. The van der Waals surface area contributed by atoms with Gasteiger partial charge in [0.2, 0.25) is 11.9 Å². The van der Waals surface area contributed by atoms with E-state index in [0.29, 0.717) is 30.2 Å². The maximum Gasteiger partial charge on any atom is 0.326 e. The monoisotopic (exact) mass is 379 g/mol. The standard InChI is InChI=1S/C19H21N7O2/c1-12-9-16(22-8-6-17(27)20-2)25-18(23-12)26-19(28)24-15-4-3-14-11-21-7-5-13(14)10-15/h3-5,7,9-11H,6,8H2,1-2H3,(H,20,27)(H3,22,23,24,25,26,28). The summed E-state index contributed by atoms with van der Waals surface area (Å²) in [6.07, 6.45) is 3.78. The second-order valence-corrected chi connectivity index (χ2v) is 6.08. The molecule has 1 aromatic carbocycles. The van der Waals surface area contributed by atoms with E-state index < -0.39 is 6.03 Å². The minimum absolute atomic E-state index is 0.0674. The van der Waals surface area contributed by atoms with Crippen LogP contribution in [0.25, 0.3) is 10.8 Å². The Balaban J connectivity index is 1.63. The van der Waals surface area contributed by atoms with Crippen molar-refractivity contribution >= 4 is 40.2 Å². The van der Waals surface area contributed by atoms with E-state index in [-0.39, 0.29) is 11.9 Å². The molecule has 3 aromatic rings. The van der Waals surface area contributed by atoms with Crippen molar-refractivity contribution in [2.75, 3.05) is 29.5 Å². The average Bonchev–Trinajstić information content (AvgIpc) is 2.67. The SMILES string of the molecule is CNC(=O)CCNc1cc(C)nc(NC(=O)Nc2ccc3cnccc3c2)n1. The molecule has 0 saturated carbocycles. The number of amides is 3. The van der Waals surface area contributed by atoms with Gasteiger partial charge in [-0.05, 0) is 30.5 Å². The third-order valence-corrected chi connectivity index (χ3v) is 3.92. The zero-order valence-corrected chi connectivity index (χ0v) is 15.6. The number of pyridine rings is 1. The highest BCUT2D eigenvalue weighted by Crippen LogP contribution is 2.18. The highest BCUT2D eigenvalue weighted by molar-refractivity contribution is 6.00. The Bertz CT molecular complexity index is 1010. The number of nitrogens with zero attached hydrogens (tertiary/aromatic N) is 3. The third-order valence-electron chi connectivity index (χ3n) is 3.92. The maximum atomic E-state index is 12.3. The van der Waals surface area contributed by atoms with Crippen molar-refractivity contribution in [3.63, 3.8) is 0 Å². The van der Waals surface area contributed by atoms with Crippen LogP contribution in [0.1, 0.15) is 12.1 Å². The number of urea groups is 1. The van der Waals surface area contributed by atoms with Crippen molar-refractivity contribution in [3.05, 3.63) is 48.4 Å². The first-order valence-electron chi connectivity index (χ1n) is 8.75. The summed E-state index contributed by atoms with van der Waals surface area (Å²) in [6, 6.07) is 8.71. The van der Waals surface area contributed by atoms with Crippen molar-refractivity contribution in [2.24, 2.45) is 0 Å². The fourth-order valence-electron chi connectivity index (χ4n) is 2.57. The van der Waals surface area contributed by atoms with Crippen molar-refractivity contribution in [1.82, 2.24) is 20.3 Å². The number of nitrogens with one attached hydrogen (secondary N) is 4. The number of anilines is 3. The topological polar surface area (TPSA) is 121 Å². The molecule has 144 valence electrons. The number of hydrogen-bond donors (Lipinski definition) is 4. The molecule has 0 bridgehead atoms. The Morgan fingerprint density at radius 2 is 1.89 bits per heavy atom. The van der Waals surface area contributed by atoms with Gasteiger partial charge in [-0.15, -0.1) is 0 Å². The van der Waals surface area contributed by atoms with Crippen LogP contribution in [0.5, 0.6) is 0 Å². The van der Waals surface area contributed by atoms with Gasteiger partial charge in [0.15, 0.2) is 0 Å². The van der Waals surface area contributed by atoms with E-state index in [1.165, 1.54) is 0 Å². The minimum atomic E-state index is -0.449. The van der Waals surface area contributed by atoms with Crippen LogP contribution >= 0.6 is 0 Å². The van der Waals surface area contributed by atoms with Crippen LogP contribution in [0.2, 0.25) is 0 Å². The van der Waals surface area contributed by atoms with Gasteiger partial charge in [0.05, 0.1) is 0 Å². The largest absolute Gasteiger partial charge is 0.369 e. The minimum Gasteiger partial charge on any atom is -0.369 e. The quantitative estimate of drug-likeness (QED) is 0.522. The van der Waals surface area contributed by atoms with Crippen molar-refractivity contribution in [2.45, 2.75) is 13.3 Å². The zero-order valence-electron chi connectivity index (χ0n) is 15.6. The molecule has 0 saturated heterocycles. The second-order valence-electron chi connectivity index (χ2n) is 6.08. The summed E-state index contributed by atoms with van der Waals surface area (Å²) >= 11 is 0. The zero-order chi connectivity index (χ0) is 19.9. The smallest absolute Gasteiger partial charge is 0.326 e. The summed E-state index contributed by atoms with van der Waals surface area (Å²) in [6.45, 7) is 2.22. The number of fused-ring (bicyclic) bond motifs is 1. The number of aromatic nitrogens is 3. The van der Waals surface area contributed by atoms with Crippen LogP contribution in [-0.2, 0) is 4.79 Å². The molecule has 0 radical (unpaired) electrons. The van der Waals surface area contributed by atoms with Gasteiger partial charge in [0.25, 0.3) is 0 Å². The second kappa shape index (κ2) is 8.76.